The van der Waals surface area contributed by atoms with Crippen LogP contribution in [0.2, 0.25) is 0 Å². The number of aromatic amines is 2. The smallest absolute Gasteiger partial charge is 0.274 e. The first-order valence-corrected chi connectivity index (χ1v) is 7.43. The summed E-state index contributed by atoms with van der Waals surface area (Å²) in [7, 11) is 0. The average Bonchev–Trinajstić information content (AvgIpc) is 2.59. The van der Waals surface area contributed by atoms with Crippen molar-refractivity contribution in [3.05, 3.63) is 57.2 Å². The van der Waals surface area contributed by atoms with Crippen molar-refractivity contribution >= 4 is 11.7 Å². The molecule has 0 saturated carbocycles. The van der Waals surface area contributed by atoms with E-state index < -0.39 is 11.1 Å². The maximum Gasteiger partial charge on any atom is 0.274 e. The van der Waals surface area contributed by atoms with Crippen LogP contribution in [0.25, 0.3) is 0 Å². The summed E-state index contributed by atoms with van der Waals surface area (Å²) in [5.74, 6) is 0.842. The lowest BCUT2D eigenvalue weighted by Crippen LogP contribution is -2.51. The molecular weight excluding hydrogens is 298 g/mol. The van der Waals surface area contributed by atoms with Crippen LogP contribution in [-0.4, -0.2) is 46.8 Å². The first kappa shape index (κ1) is 15.0. The van der Waals surface area contributed by atoms with Gasteiger partial charge >= 0.3 is 0 Å². The minimum absolute atomic E-state index is 0.146. The second-order valence-corrected chi connectivity index (χ2v) is 5.35. The van der Waals surface area contributed by atoms with Crippen LogP contribution in [-0.2, 0) is 11.3 Å². The normalized spacial score (nSPS) is 14.8. The average molecular weight is 316 g/mol. The highest BCUT2D eigenvalue weighted by molar-refractivity contribution is 5.76. The molecule has 1 fully saturated rings. The van der Waals surface area contributed by atoms with Crippen LogP contribution in [0, 0.1) is 0 Å². The molecule has 120 valence electrons. The van der Waals surface area contributed by atoms with Crippen molar-refractivity contribution in [2.75, 3.05) is 31.1 Å². The van der Waals surface area contributed by atoms with Gasteiger partial charge in [-0.15, -0.1) is 0 Å². The molecule has 1 aliphatic rings. The molecule has 1 saturated heterocycles. The predicted molar refractivity (Wildman–Crippen MR) is 83.1 cm³/mol. The van der Waals surface area contributed by atoms with Crippen LogP contribution in [0.1, 0.15) is 0 Å². The van der Waals surface area contributed by atoms with Crippen molar-refractivity contribution < 1.29 is 9.78 Å². The largest absolute Gasteiger partial charge is 0.333 e. The first-order chi connectivity index (χ1) is 11.1. The van der Waals surface area contributed by atoms with Crippen LogP contribution in [0.5, 0.6) is 0 Å². The van der Waals surface area contributed by atoms with Crippen molar-refractivity contribution in [2.24, 2.45) is 0 Å². The second-order valence-electron chi connectivity index (χ2n) is 5.35. The van der Waals surface area contributed by atoms with Gasteiger partial charge in [-0.3, -0.25) is 24.4 Å². The van der Waals surface area contributed by atoms with Crippen LogP contribution in [0.4, 0.5) is 5.82 Å². The number of nitrogens with one attached hydrogen (secondary N) is 2. The van der Waals surface area contributed by atoms with Gasteiger partial charge in [-0.05, 0) is 6.07 Å². The fourth-order valence-electron chi connectivity index (χ4n) is 2.59. The molecule has 8 heteroatoms. The Labute approximate surface area is 132 Å². The summed E-state index contributed by atoms with van der Waals surface area (Å²) in [6.45, 7) is 2.44. The number of hydrogen-bond acceptors (Lipinski definition) is 4. The summed E-state index contributed by atoms with van der Waals surface area (Å²) < 4.78 is 1.04. The molecule has 0 spiro atoms. The van der Waals surface area contributed by atoms with Gasteiger partial charge in [0, 0.05) is 18.2 Å². The maximum absolute atomic E-state index is 12.3. The Morgan fingerprint density at radius 2 is 1.87 bits per heavy atom. The van der Waals surface area contributed by atoms with Crippen molar-refractivity contribution in [2.45, 2.75) is 6.54 Å². The lowest BCUT2D eigenvalue weighted by molar-refractivity contribution is -0.364. The van der Waals surface area contributed by atoms with Gasteiger partial charge in [0.2, 0.25) is 5.91 Å². The zero-order chi connectivity index (χ0) is 16.2. The molecule has 0 atom stereocenters. The van der Waals surface area contributed by atoms with Crippen molar-refractivity contribution in [1.29, 1.82) is 0 Å². The van der Waals surface area contributed by atoms with Gasteiger partial charge in [0.05, 0.1) is 19.3 Å². The van der Waals surface area contributed by atoms with Crippen LogP contribution in [0.15, 0.2) is 46.1 Å². The molecule has 0 aliphatic carbocycles. The number of aromatic nitrogens is 3. The number of hydrogen-bond donors (Lipinski definition) is 1. The summed E-state index contributed by atoms with van der Waals surface area (Å²) in [6, 6.07) is 8.18. The van der Waals surface area contributed by atoms with E-state index in [4.69, 9.17) is 0 Å². The Kier molecular flexibility index (Phi) is 4.22. The van der Waals surface area contributed by atoms with E-state index in [0.717, 1.165) is 22.6 Å². The molecule has 0 bridgehead atoms. The molecule has 0 aromatic carbocycles. The van der Waals surface area contributed by atoms with Gasteiger partial charge in [-0.2, -0.15) is 0 Å². The molecule has 1 amide bonds. The van der Waals surface area contributed by atoms with E-state index in [9.17, 15) is 14.4 Å². The third kappa shape index (κ3) is 3.47. The number of H-pyrrole nitrogens is 2. The number of rotatable bonds is 3. The summed E-state index contributed by atoms with van der Waals surface area (Å²) in [4.78, 5) is 42.2. The summed E-state index contributed by atoms with van der Waals surface area (Å²) in [5.41, 5.74) is -0.794. The summed E-state index contributed by atoms with van der Waals surface area (Å²) in [6.07, 6.45) is 1.87. The van der Waals surface area contributed by atoms with E-state index in [1.807, 2.05) is 24.4 Å². The third-order valence-electron chi connectivity index (χ3n) is 3.85. The summed E-state index contributed by atoms with van der Waals surface area (Å²) >= 11 is 0. The van der Waals surface area contributed by atoms with Crippen molar-refractivity contribution in [3.63, 3.8) is 0 Å². The van der Waals surface area contributed by atoms with Gasteiger partial charge in [-0.1, -0.05) is 6.07 Å². The standard InChI is InChI=1S/C15H17N5O3/c21-13-4-5-14(22)20(17-13)11-15(23)19-9-7-18(8-10-19)12-3-1-2-6-16-12/h1-6H,7-11H2,(H,17,21)/p+1. The van der Waals surface area contributed by atoms with E-state index in [2.05, 4.69) is 15.0 Å². The Morgan fingerprint density at radius 3 is 2.57 bits per heavy atom. The molecule has 3 heterocycles. The van der Waals surface area contributed by atoms with Gasteiger partial charge in [-0.25, -0.2) is 9.67 Å². The molecule has 0 unspecified atom stereocenters. The molecule has 8 nitrogen and oxygen atoms in total. The van der Waals surface area contributed by atoms with Crippen LogP contribution >= 0.6 is 0 Å². The quantitative estimate of drug-likeness (QED) is 0.762. The molecular formula is C15H18N5O3+. The van der Waals surface area contributed by atoms with E-state index in [1.54, 1.807) is 4.90 Å². The number of anilines is 1. The molecule has 0 radical (unpaired) electrons. The Morgan fingerprint density at radius 1 is 1.09 bits per heavy atom. The zero-order valence-electron chi connectivity index (χ0n) is 12.6. The SMILES string of the molecule is O=C(Cn1[nH]c(=O)ccc1=O)N1CCN(c2cccc[nH+]2)CC1. The highest BCUT2D eigenvalue weighted by Gasteiger charge is 2.26. The summed E-state index contributed by atoms with van der Waals surface area (Å²) in [5, 5.41) is 2.37. The Hall–Kier alpha value is -2.90. The maximum atomic E-state index is 12.3. The van der Waals surface area contributed by atoms with Crippen molar-refractivity contribution in [1.82, 2.24) is 14.7 Å². The Bertz CT molecular complexity index is 791. The van der Waals surface area contributed by atoms with Gasteiger partial charge < -0.3 is 4.90 Å². The van der Waals surface area contributed by atoms with Gasteiger partial charge in [0.1, 0.15) is 19.6 Å². The fraction of sp³-hybridized carbons (Fsp3) is 0.333. The van der Waals surface area contributed by atoms with Crippen LogP contribution in [0.3, 0.4) is 0 Å². The lowest BCUT2D eigenvalue weighted by atomic mass is 10.3. The molecule has 3 rings (SSSR count). The first-order valence-electron chi connectivity index (χ1n) is 7.43. The van der Waals surface area contributed by atoms with E-state index in [-0.39, 0.29) is 12.5 Å². The topological polar surface area (TPSA) is 92.5 Å². The number of amides is 1. The zero-order valence-corrected chi connectivity index (χ0v) is 12.6. The monoisotopic (exact) mass is 316 g/mol. The van der Waals surface area contributed by atoms with E-state index >= 15 is 0 Å². The van der Waals surface area contributed by atoms with Crippen molar-refractivity contribution in [3.8, 4) is 0 Å². The molecule has 23 heavy (non-hydrogen) atoms. The van der Waals surface area contributed by atoms with E-state index in [0.29, 0.717) is 26.2 Å². The minimum Gasteiger partial charge on any atom is -0.333 e. The Balaban J connectivity index is 1.61. The van der Waals surface area contributed by atoms with Gasteiger partial charge in [0.25, 0.3) is 16.9 Å². The number of pyridine rings is 1. The second kappa shape index (κ2) is 6.47. The predicted octanol–water partition coefficient (Wildman–Crippen LogP) is -1.30. The number of carbonyl (C=O) groups excluding carboxylic acids is 1. The third-order valence-corrected chi connectivity index (χ3v) is 3.85. The fourth-order valence-corrected chi connectivity index (χ4v) is 2.59. The number of piperazine rings is 1. The minimum atomic E-state index is -0.401. The molecule has 2 N–H and O–H groups in total. The molecule has 2 aromatic heterocycles. The lowest BCUT2D eigenvalue weighted by Gasteiger charge is -2.31. The number of nitrogens with zero attached hydrogens (tertiary/aromatic N) is 3. The molecule has 2 aromatic rings. The highest BCUT2D eigenvalue weighted by Crippen LogP contribution is 2.10. The van der Waals surface area contributed by atoms with E-state index in [1.165, 1.54) is 0 Å². The molecule has 1 aliphatic heterocycles. The number of carbonyl (C=O) groups is 1. The van der Waals surface area contributed by atoms with Crippen LogP contribution < -0.4 is 21.0 Å². The van der Waals surface area contributed by atoms with Gasteiger partial charge in [0.15, 0.2) is 0 Å². The highest BCUT2D eigenvalue weighted by atomic mass is 16.2.